The molecule has 0 unspecified atom stereocenters. The lowest BCUT2D eigenvalue weighted by molar-refractivity contribution is 0.414. The van der Waals surface area contributed by atoms with Gasteiger partial charge in [-0.15, -0.1) is 0 Å². The van der Waals surface area contributed by atoms with Gasteiger partial charge in [-0.2, -0.15) is 0 Å². The van der Waals surface area contributed by atoms with Gasteiger partial charge in [-0.3, -0.25) is 0 Å². The van der Waals surface area contributed by atoms with Crippen molar-refractivity contribution in [1.82, 2.24) is 0 Å². The summed E-state index contributed by atoms with van der Waals surface area (Å²) in [6, 6.07) is 0. The smallest absolute Gasteiger partial charge is 0.257 e. The third-order valence-corrected chi connectivity index (χ3v) is 9.49. The van der Waals surface area contributed by atoms with Crippen LogP contribution in [0.25, 0.3) is 0 Å². The second-order valence-electron chi connectivity index (χ2n) is 5.60. The van der Waals surface area contributed by atoms with Crippen LogP contribution >= 0.6 is 0 Å². The van der Waals surface area contributed by atoms with E-state index < -0.39 is 8.32 Å². The third kappa shape index (κ3) is 3.65. The summed E-state index contributed by atoms with van der Waals surface area (Å²) in [5, 5.41) is 0. The molecule has 0 amide bonds. The Kier molecular flexibility index (Phi) is 7.05. The molecule has 0 bridgehead atoms. The predicted molar refractivity (Wildman–Crippen MR) is 76.2 cm³/mol. The SMILES string of the molecule is CCCC=CO[Si](C(C)C)(C(C)C)C(C)C. The number of allylic oxidation sites excluding steroid dienone is 1. The van der Waals surface area contributed by atoms with Crippen LogP contribution in [-0.4, -0.2) is 8.32 Å². The molecule has 0 aliphatic heterocycles. The molecule has 0 spiro atoms. The topological polar surface area (TPSA) is 9.23 Å². The molecule has 0 aromatic heterocycles. The number of rotatable bonds is 7. The lowest BCUT2D eigenvalue weighted by Crippen LogP contribution is -2.46. The van der Waals surface area contributed by atoms with E-state index in [-0.39, 0.29) is 0 Å². The molecule has 0 radical (unpaired) electrons. The van der Waals surface area contributed by atoms with Crippen LogP contribution in [0, 0.1) is 0 Å². The molecular weight excluding hydrogens is 212 g/mol. The first-order valence-corrected chi connectivity index (χ1v) is 8.86. The summed E-state index contributed by atoms with van der Waals surface area (Å²) in [5.74, 6) is 0. The Balaban J connectivity index is 4.77. The molecule has 0 aromatic rings. The van der Waals surface area contributed by atoms with Gasteiger partial charge in [0.05, 0.1) is 6.26 Å². The van der Waals surface area contributed by atoms with Gasteiger partial charge in [0.15, 0.2) is 0 Å². The van der Waals surface area contributed by atoms with Crippen molar-refractivity contribution in [3.8, 4) is 0 Å². The maximum Gasteiger partial charge on any atom is 0.257 e. The Morgan fingerprint density at radius 3 is 1.69 bits per heavy atom. The van der Waals surface area contributed by atoms with Gasteiger partial charge >= 0.3 is 0 Å². The molecule has 0 aliphatic rings. The van der Waals surface area contributed by atoms with Crippen LogP contribution < -0.4 is 0 Å². The highest BCUT2D eigenvalue weighted by atomic mass is 28.4. The number of unbranched alkanes of at least 4 members (excludes halogenated alkanes) is 1. The van der Waals surface area contributed by atoms with Gasteiger partial charge in [0.25, 0.3) is 8.32 Å². The Labute approximate surface area is 103 Å². The highest BCUT2D eigenvalue weighted by molar-refractivity contribution is 6.77. The van der Waals surface area contributed by atoms with E-state index in [1.165, 1.54) is 6.42 Å². The molecule has 0 N–H and O–H groups in total. The van der Waals surface area contributed by atoms with E-state index in [2.05, 4.69) is 54.5 Å². The van der Waals surface area contributed by atoms with Crippen molar-refractivity contribution >= 4 is 8.32 Å². The van der Waals surface area contributed by atoms with Crippen LogP contribution in [0.3, 0.4) is 0 Å². The van der Waals surface area contributed by atoms with Crippen molar-refractivity contribution in [2.24, 2.45) is 0 Å². The monoisotopic (exact) mass is 242 g/mol. The van der Waals surface area contributed by atoms with Crippen LogP contribution in [-0.2, 0) is 4.43 Å². The van der Waals surface area contributed by atoms with Crippen LogP contribution in [0.15, 0.2) is 12.3 Å². The van der Waals surface area contributed by atoms with Gasteiger partial charge in [-0.05, 0) is 23.0 Å². The minimum atomic E-state index is -1.66. The molecule has 0 heterocycles. The van der Waals surface area contributed by atoms with Crippen LogP contribution in [0.4, 0.5) is 0 Å². The van der Waals surface area contributed by atoms with E-state index in [1.54, 1.807) is 0 Å². The summed E-state index contributed by atoms with van der Waals surface area (Å²) in [5.41, 5.74) is 2.00. The van der Waals surface area contributed by atoms with Gasteiger partial charge in [0.1, 0.15) is 0 Å². The molecule has 0 aliphatic carbocycles. The zero-order valence-electron chi connectivity index (χ0n) is 12.2. The summed E-state index contributed by atoms with van der Waals surface area (Å²) >= 11 is 0. The molecule has 0 aromatic carbocycles. The largest absolute Gasteiger partial charge is 0.548 e. The fourth-order valence-electron chi connectivity index (χ4n) is 2.81. The van der Waals surface area contributed by atoms with Crippen LogP contribution in [0.5, 0.6) is 0 Å². The van der Waals surface area contributed by atoms with Gasteiger partial charge < -0.3 is 4.43 Å². The lowest BCUT2D eigenvalue weighted by Gasteiger charge is -2.41. The van der Waals surface area contributed by atoms with Gasteiger partial charge in [-0.1, -0.05) is 61.0 Å². The van der Waals surface area contributed by atoms with Gasteiger partial charge in [-0.25, -0.2) is 0 Å². The van der Waals surface area contributed by atoms with E-state index in [0.29, 0.717) is 16.6 Å². The van der Waals surface area contributed by atoms with E-state index in [4.69, 9.17) is 4.43 Å². The van der Waals surface area contributed by atoms with Crippen molar-refractivity contribution in [1.29, 1.82) is 0 Å². The fraction of sp³-hybridized carbons (Fsp3) is 0.857. The summed E-state index contributed by atoms with van der Waals surface area (Å²) in [6.07, 6.45) is 6.48. The maximum absolute atomic E-state index is 6.27. The average molecular weight is 242 g/mol. The van der Waals surface area contributed by atoms with Gasteiger partial charge in [0.2, 0.25) is 0 Å². The molecule has 0 saturated carbocycles. The number of hydrogen-bond acceptors (Lipinski definition) is 1. The molecule has 0 rings (SSSR count). The third-order valence-electron chi connectivity index (χ3n) is 3.53. The highest BCUT2D eigenvalue weighted by Crippen LogP contribution is 2.42. The molecular formula is C14H30OSi. The second-order valence-corrected chi connectivity index (χ2v) is 11.0. The minimum absolute atomic E-state index is 0.666. The second kappa shape index (κ2) is 7.15. The first kappa shape index (κ1) is 15.8. The molecule has 2 heteroatoms. The first-order valence-electron chi connectivity index (χ1n) is 6.72. The Morgan fingerprint density at radius 2 is 1.38 bits per heavy atom. The van der Waals surface area contributed by atoms with E-state index in [1.807, 2.05) is 6.26 Å². The summed E-state index contributed by atoms with van der Waals surface area (Å²) in [6.45, 7) is 16.1. The first-order chi connectivity index (χ1) is 7.39. The summed E-state index contributed by atoms with van der Waals surface area (Å²) < 4.78 is 6.27. The highest BCUT2D eigenvalue weighted by Gasteiger charge is 2.46. The Morgan fingerprint density at radius 1 is 0.938 bits per heavy atom. The minimum Gasteiger partial charge on any atom is -0.548 e. The van der Waals surface area contributed by atoms with E-state index in [0.717, 1.165) is 6.42 Å². The number of hydrogen-bond donors (Lipinski definition) is 0. The quantitative estimate of drug-likeness (QED) is 0.423. The molecule has 0 fully saturated rings. The van der Waals surface area contributed by atoms with Gasteiger partial charge in [0, 0.05) is 0 Å². The van der Waals surface area contributed by atoms with Crippen LogP contribution in [0.2, 0.25) is 16.6 Å². The maximum atomic E-state index is 6.27. The zero-order valence-corrected chi connectivity index (χ0v) is 13.2. The molecule has 0 atom stereocenters. The summed E-state index contributed by atoms with van der Waals surface area (Å²) in [4.78, 5) is 0. The Bertz CT molecular complexity index is 185. The van der Waals surface area contributed by atoms with E-state index >= 15 is 0 Å². The lowest BCUT2D eigenvalue weighted by atomic mass is 10.3. The molecule has 0 saturated heterocycles. The molecule has 16 heavy (non-hydrogen) atoms. The predicted octanol–water partition coefficient (Wildman–Crippen LogP) is 5.49. The average Bonchev–Trinajstić information content (AvgIpc) is 2.16. The standard InChI is InChI=1S/C14H30OSi/c1-8-9-10-11-15-16(12(2)3,13(4)5)14(6)7/h10-14H,8-9H2,1-7H3. The van der Waals surface area contributed by atoms with Crippen molar-refractivity contribution in [2.45, 2.75) is 77.9 Å². The zero-order chi connectivity index (χ0) is 12.8. The summed E-state index contributed by atoms with van der Waals surface area (Å²) in [7, 11) is -1.66. The van der Waals surface area contributed by atoms with Crippen molar-refractivity contribution < 1.29 is 4.43 Å². The fourth-order valence-corrected chi connectivity index (χ4v) is 7.96. The normalized spacial score (nSPS) is 13.4. The van der Waals surface area contributed by atoms with Crippen molar-refractivity contribution in [3.05, 3.63) is 12.3 Å². The Hall–Kier alpha value is -0.243. The van der Waals surface area contributed by atoms with E-state index in [9.17, 15) is 0 Å². The molecule has 96 valence electrons. The molecule has 1 nitrogen and oxygen atoms in total. The van der Waals surface area contributed by atoms with Crippen molar-refractivity contribution in [3.63, 3.8) is 0 Å². The van der Waals surface area contributed by atoms with Crippen LogP contribution in [0.1, 0.15) is 61.3 Å². The van der Waals surface area contributed by atoms with Crippen molar-refractivity contribution in [2.75, 3.05) is 0 Å².